The van der Waals surface area contributed by atoms with Crippen molar-refractivity contribution >= 4 is 0 Å². The van der Waals surface area contributed by atoms with Crippen LogP contribution in [0.5, 0.6) is 0 Å². The molecule has 0 amide bonds. The molecule has 3 aliphatic carbocycles. The molecule has 30 heavy (non-hydrogen) atoms. The Hall–Kier alpha value is -0.840. The summed E-state index contributed by atoms with van der Waals surface area (Å²) in [4.78, 5) is 0. The minimum atomic E-state index is -4.12. The van der Waals surface area contributed by atoms with Crippen molar-refractivity contribution in [2.75, 3.05) is 6.61 Å². The van der Waals surface area contributed by atoms with Crippen LogP contribution in [0.4, 0.5) is 17.6 Å². The van der Waals surface area contributed by atoms with E-state index in [2.05, 4.69) is 6.92 Å². The van der Waals surface area contributed by atoms with Crippen molar-refractivity contribution in [2.45, 2.75) is 96.0 Å². The van der Waals surface area contributed by atoms with E-state index in [0.717, 1.165) is 43.6 Å². The van der Waals surface area contributed by atoms with Crippen molar-refractivity contribution in [3.8, 4) is 0 Å². The fraction of sp³-hybridized carbons (Fsp3) is 0.840. The quantitative estimate of drug-likeness (QED) is 0.421. The first kappa shape index (κ1) is 22.4. The van der Waals surface area contributed by atoms with Crippen LogP contribution in [0.25, 0.3) is 0 Å². The van der Waals surface area contributed by atoms with Gasteiger partial charge in [-0.15, -0.1) is 0 Å². The Bertz CT molecular complexity index is 659. The first-order valence-corrected chi connectivity index (χ1v) is 12.0. The van der Waals surface area contributed by atoms with Crippen LogP contribution in [0, 0.1) is 29.6 Å². The number of halogens is 4. The molecule has 0 aromatic rings. The zero-order valence-electron chi connectivity index (χ0n) is 18.3. The summed E-state index contributed by atoms with van der Waals surface area (Å²) in [7, 11) is 0. The minimum Gasteiger partial charge on any atom is -0.377 e. The van der Waals surface area contributed by atoms with Gasteiger partial charge in [0.25, 0.3) is 0 Å². The number of allylic oxidation sites excluding steroid dienone is 3. The van der Waals surface area contributed by atoms with Crippen LogP contribution >= 0.6 is 0 Å². The fourth-order valence-electron chi connectivity index (χ4n) is 6.38. The Morgan fingerprint density at radius 1 is 0.733 bits per heavy atom. The molecule has 5 heteroatoms. The molecule has 4 aliphatic rings. The van der Waals surface area contributed by atoms with Crippen LogP contribution < -0.4 is 0 Å². The van der Waals surface area contributed by atoms with Crippen molar-refractivity contribution < 1.29 is 22.3 Å². The van der Waals surface area contributed by atoms with Crippen molar-refractivity contribution in [1.82, 2.24) is 0 Å². The highest BCUT2D eigenvalue weighted by Gasteiger charge is 2.62. The molecule has 1 heterocycles. The molecule has 1 aliphatic heterocycles. The van der Waals surface area contributed by atoms with Crippen molar-refractivity contribution in [3.63, 3.8) is 0 Å². The standard InChI is InChI=1S/C25H36F4O/c1-16-3-6-18(7-4-16)19-8-10-20(11-9-19)23-14-12-21(15-30-23)22-13-5-17(2)24(26,27)25(22,28)29/h5,13,16,18-21,23H,3-4,6-12,14-15H2,1-2H3. The molecule has 170 valence electrons. The SMILES string of the molecule is CC1=CC=C(C2CCC(C3CCC(C4CCC(C)CC4)CC3)OC2)C(F)(F)C1(F)F. The van der Waals surface area contributed by atoms with Gasteiger partial charge in [-0.3, -0.25) is 0 Å². The maximum absolute atomic E-state index is 14.5. The predicted octanol–water partition coefficient (Wildman–Crippen LogP) is 7.57. The molecular formula is C25H36F4O. The number of hydrogen-bond acceptors (Lipinski definition) is 1. The van der Waals surface area contributed by atoms with E-state index in [1.54, 1.807) is 0 Å². The Kier molecular flexibility index (Phi) is 6.41. The molecule has 0 radical (unpaired) electrons. The predicted molar refractivity (Wildman–Crippen MR) is 111 cm³/mol. The van der Waals surface area contributed by atoms with Crippen LogP contribution in [0.2, 0.25) is 0 Å². The van der Waals surface area contributed by atoms with Crippen LogP contribution in [0.3, 0.4) is 0 Å². The second-order valence-corrected chi connectivity index (χ2v) is 10.5. The molecule has 2 saturated carbocycles. The highest BCUT2D eigenvalue weighted by Crippen LogP contribution is 2.51. The molecular weight excluding hydrogens is 392 g/mol. The summed E-state index contributed by atoms with van der Waals surface area (Å²) < 4.78 is 63.1. The van der Waals surface area contributed by atoms with Gasteiger partial charge in [0.2, 0.25) is 0 Å². The van der Waals surface area contributed by atoms with E-state index in [4.69, 9.17) is 4.74 Å². The van der Waals surface area contributed by atoms with Crippen LogP contribution in [-0.2, 0) is 4.74 Å². The number of hydrogen-bond donors (Lipinski definition) is 0. The maximum Gasteiger partial charge on any atom is 0.336 e. The first-order valence-electron chi connectivity index (χ1n) is 12.0. The van der Waals surface area contributed by atoms with E-state index in [1.165, 1.54) is 44.6 Å². The van der Waals surface area contributed by atoms with Crippen molar-refractivity contribution in [2.24, 2.45) is 29.6 Å². The first-order chi connectivity index (χ1) is 14.2. The van der Waals surface area contributed by atoms with Crippen molar-refractivity contribution in [3.05, 3.63) is 23.3 Å². The minimum absolute atomic E-state index is 0.101. The summed E-state index contributed by atoms with van der Waals surface area (Å²) in [5.41, 5.74) is -1.03. The zero-order valence-corrected chi connectivity index (χ0v) is 18.3. The monoisotopic (exact) mass is 428 g/mol. The molecule has 0 bridgehead atoms. The molecule has 1 nitrogen and oxygen atoms in total. The van der Waals surface area contributed by atoms with Gasteiger partial charge in [-0.1, -0.05) is 31.9 Å². The fourth-order valence-corrected chi connectivity index (χ4v) is 6.38. The maximum atomic E-state index is 14.5. The van der Waals surface area contributed by atoms with E-state index in [9.17, 15) is 17.6 Å². The molecule has 0 N–H and O–H groups in total. The van der Waals surface area contributed by atoms with Gasteiger partial charge in [-0.05, 0) is 82.0 Å². The molecule has 3 fully saturated rings. The molecule has 0 aromatic carbocycles. The smallest absolute Gasteiger partial charge is 0.336 e. The van der Waals surface area contributed by atoms with E-state index < -0.39 is 28.9 Å². The van der Waals surface area contributed by atoms with Gasteiger partial charge in [0.15, 0.2) is 0 Å². The lowest BCUT2D eigenvalue weighted by molar-refractivity contribution is -0.172. The third kappa shape index (κ3) is 4.12. The third-order valence-corrected chi connectivity index (χ3v) is 8.59. The Morgan fingerprint density at radius 3 is 1.87 bits per heavy atom. The lowest BCUT2D eigenvalue weighted by atomic mass is 9.68. The average molecular weight is 429 g/mol. The molecule has 0 spiro atoms. The van der Waals surface area contributed by atoms with Gasteiger partial charge in [-0.2, -0.15) is 17.6 Å². The molecule has 1 saturated heterocycles. The Labute approximate surface area is 178 Å². The topological polar surface area (TPSA) is 9.23 Å². The summed E-state index contributed by atoms with van der Waals surface area (Å²) in [6, 6.07) is 0. The molecule has 4 rings (SSSR count). The summed E-state index contributed by atoms with van der Waals surface area (Å²) in [5, 5.41) is 0. The third-order valence-electron chi connectivity index (χ3n) is 8.59. The van der Waals surface area contributed by atoms with E-state index in [-0.39, 0.29) is 12.7 Å². The van der Waals surface area contributed by atoms with E-state index in [0.29, 0.717) is 18.8 Å². The van der Waals surface area contributed by atoms with Gasteiger partial charge in [0.1, 0.15) is 0 Å². The van der Waals surface area contributed by atoms with Gasteiger partial charge < -0.3 is 4.74 Å². The Balaban J connectivity index is 1.28. The number of ether oxygens (including phenoxy) is 1. The zero-order chi connectivity index (χ0) is 21.5. The van der Waals surface area contributed by atoms with Gasteiger partial charge in [0.05, 0.1) is 12.7 Å². The molecule has 0 aromatic heterocycles. The van der Waals surface area contributed by atoms with Crippen LogP contribution in [0.1, 0.15) is 78.1 Å². The van der Waals surface area contributed by atoms with Crippen LogP contribution in [0.15, 0.2) is 23.3 Å². The highest BCUT2D eigenvalue weighted by molar-refractivity contribution is 5.38. The van der Waals surface area contributed by atoms with E-state index in [1.807, 2.05) is 0 Å². The second-order valence-electron chi connectivity index (χ2n) is 10.5. The van der Waals surface area contributed by atoms with Crippen LogP contribution in [-0.4, -0.2) is 24.6 Å². The van der Waals surface area contributed by atoms with E-state index >= 15 is 0 Å². The lowest BCUT2D eigenvalue weighted by Crippen LogP contribution is -2.48. The summed E-state index contributed by atoms with van der Waals surface area (Å²) in [5.74, 6) is -5.75. The summed E-state index contributed by atoms with van der Waals surface area (Å²) in [6.07, 6.45) is 14.0. The average Bonchev–Trinajstić information content (AvgIpc) is 2.74. The second kappa shape index (κ2) is 8.60. The van der Waals surface area contributed by atoms with Gasteiger partial charge in [0, 0.05) is 17.1 Å². The van der Waals surface area contributed by atoms with Crippen molar-refractivity contribution in [1.29, 1.82) is 0 Å². The van der Waals surface area contributed by atoms with Gasteiger partial charge in [-0.25, -0.2) is 0 Å². The largest absolute Gasteiger partial charge is 0.377 e. The lowest BCUT2D eigenvalue weighted by Gasteiger charge is -2.42. The Morgan fingerprint density at radius 2 is 1.30 bits per heavy atom. The number of alkyl halides is 4. The number of rotatable bonds is 3. The summed E-state index contributed by atoms with van der Waals surface area (Å²) in [6.45, 7) is 3.56. The molecule has 2 unspecified atom stereocenters. The molecule has 2 atom stereocenters. The normalized spacial score (nSPS) is 41.7. The van der Waals surface area contributed by atoms with Gasteiger partial charge >= 0.3 is 11.8 Å². The highest BCUT2D eigenvalue weighted by atomic mass is 19.3. The summed E-state index contributed by atoms with van der Waals surface area (Å²) >= 11 is 0.